The number of anilines is 1. The van der Waals surface area contributed by atoms with Gasteiger partial charge in [0.2, 0.25) is 0 Å². The molecule has 1 aliphatic rings. The number of benzene rings is 2. The van der Waals surface area contributed by atoms with Crippen LogP contribution in [0.2, 0.25) is 0 Å². The van der Waals surface area contributed by atoms with Crippen LogP contribution in [-0.2, 0) is 6.54 Å². The number of nitrogens with zero attached hydrogens (tertiary/aromatic N) is 2. The molecule has 0 saturated carbocycles. The molecule has 2 N–H and O–H groups in total. The van der Waals surface area contributed by atoms with Crippen molar-refractivity contribution in [3.8, 4) is 0 Å². The van der Waals surface area contributed by atoms with Gasteiger partial charge in [0.15, 0.2) is 0 Å². The predicted molar refractivity (Wildman–Crippen MR) is 102 cm³/mol. The molecule has 25 heavy (non-hydrogen) atoms. The van der Waals surface area contributed by atoms with Gasteiger partial charge in [0.05, 0.1) is 0 Å². The van der Waals surface area contributed by atoms with Crippen molar-refractivity contribution in [2.75, 3.05) is 25.4 Å². The Bertz CT molecular complexity index is 755. The van der Waals surface area contributed by atoms with Gasteiger partial charge < -0.3 is 10.6 Å². The molecule has 0 aromatic heterocycles. The summed E-state index contributed by atoms with van der Waals surface area (Å²) < 4.78 is 0. The third-order valence-electron chi connectivity index (χ3n) is 5.07. The number of carbonyl (C=O) groups excluding carboxylic acids is 1. The predicted octanol–water partition coefficient (Wildman–Crippen LogP) is 3.31. The summed E-state index contributed by atoms with van der Waals surface area (Å²) in [6.07, 6.45) is 0. The minimum absolute atomic E-state index is 0.0714. The van der Waals surface area contributed by atoms with E-state index in [1.165, 1.54) is 5.56 Å². The first-order valence-corrected chi connectivity index (χ1v) is 8.81. The second-order valence-electron chi connectivity index (χ2n) is 7.52. The number of rotatable bonds is 3. The van der Waals surface area contributed by atoms with Gasteiger partial charge in [-0.2, -0.15) is 0 Å². The van der Waals surface area contributed by atoms with Crippen molar-refractivity contribution in [3.63, 3.8) is 0 Å². The van der Waals surface area contributed by atoms with E-state index in [-0.39, 0.29) is 11.4 Å². The number of hydrogen-bond donors (Lipinski definition) is 1. The van der Waals surface area contributed by atoms with Gasteiger partial charge in [0.25, 0.3) is 5.91 Å². The van der Waals surface area contributed by atoms with E-state index < -0.39 is 0 Å². The molecule has 1 heterocycles. The van der Waals surface area contributed by atoms with Crippen LogP contribution < -0.4 is 5.73 Å². The molecule has 1 amide bonds. The van der Waals surface area contributed by atoms with Crippen molar-refractivity contribution in [1.29, 1.82) is 0 Å². The average Bonchev–Trinajstić information content (AvgIpc) is 2.59. The van der Waals surface area contributed by atoms with E-state index in [0.29, 0.717) is 17.8 Å². The van der Waals surface area contributed by atoms with Crippen LogP contribution in [0, 0.1) is 6.92 Å². The van der Waals surface area contributed by atoms with Crippen molar-refractivity contribution in [2.45, 2.75) is 32.9 Å². The van der Waals surface area contributed by atoms with Gasteiger partial charge >= 0.3 is 0 Å². The van der Waals surface area contributed by atoms with Gasteiger partial charge in [-0.1, -0.05) is 36.4 Å². The zero-order valence-corrected chi connectivity index (χ0v) is 15.3. The molecule has 2 aromatic carbocycles. The molecule has 0 spiro atoms. The highest BCUT2D eigenvalue weighted by Gasteiger charge is 2.36. The van der Waals surface area contributed by atoms with E-state index in [4.69, 9.17) is 5.73 Å². The number of amides is 1. The van der Waals surface area contributed by atoms with Crippen LogP contribution in [0.1, 0.15) is 35.3 Å². The molecule has 0 aliphatic carbocycles. The summed E-state index contributed by atoms with van der Waals surface area (Å²) in [6, 6.07) is 16.1. The molecule has 0 bridgehead atoms. The van der Waals surface area contributed by atoms with E-state index in [9.17, 15) is 4.79 Å². The Labute approximate surface area is 150 Å². The smallest absolute Gasteiger partial charge is 0.254 e. The monoisotopic (exact) mass is 337 g/mol. The second-order valence-corrected chi connectivity index (χ2v) is 7.52. The minimum atomic E-state index is -0.0714. The Morgan fingerprint density at radius 3 is 2.52 bits per heavy atom. The summed E-state index contributed by atoms with van der Waals surface area (Å²) in [6.45, 7) is 9.62. The van der Waals surface area contributed by atoms with Gasteiger partial charge in [0, 0.05) is 43.0 Å². The van der Waals surface area contributed by atoms with Gasteiger partial charge in [-0.25, -0.2) is 0 Å². The molecule has 132 valence electrons. The van der Waals surface area contributed by atoms with Crippen LogP contribution in [0.25, 0.3) is 0 Å². The lowest BCUT2D eigenvalue weighted by atomic mass is 9.96. The van der Waals surface area contributed by atoms with E-state index >= 15 is 0 Å². The maximum absolute atomic E-state index is 13.0. The van der Waals surface area contributed by atoms with Crippen molar-refractivity contribution < 1.29 is 4.79 Å². The van der Waals surface area contributed by atoms with E-state index in [0.717, 1.165) is 25.2 Å². The third-order valence-corrected chi connectivity index (χ3v) is 5.07. The number of nitrogens with two attached hydrogens (primary N) is 1. The summed E-state index contributed by atoms with van der Waals surface area (Å²) in [7, 11) is 0. The first kappa shape index (κ1) is 17.5. The second kappa shape index (κ2) is 6.89. The quantitative estimate of drug-likeness (QED) is 0.874. The first-order chi connectivity index (χ1) is 11.9. The molecule has 4 heteroatoms. The van der Waals surface area contributed by atoms with Crippen molar-refractivity contribution >= 4 is 11.6 Å². The lowest BCUT2D eigenvalue weighted by molar-refractivity contribution is 0.0138. The molecular weight excluding hydrogens is 310 g/mol. The third kappa shape index (κ3) is 3.85. The van der Waals surface area contributed by atoms with Crippen LogP contribution in [0.4, 0.5) is 5.69 Å². The number of nitrogen functional groups attached to an aromatic ring is 1. The average molecular weight is 337 g/mol. The fraction of sp³-hybridized carbons (Fsp3) is 0.381. The van der Waals surface area contributed by atoms with Crippen LogP contribution in [-0.4, -0.2) is 40.9 Å². The van der Waals surface area contributed by atoms with E-state index in [1.54, 1.807) is 6.07 Å². The van der Waals surface area contributed by atoms with Gasteiger partial charge in [-0.15, -0.1) is 0 Å². The molecule has 0 unspecified atom stereocenters. The molecule has 2 aromatic rings. The van der Waals surface area contributed by atoms with Gasteiger partial charge in [-0.05, 0) is 44.0 Å². The van der Waals surface area contributed by atoms with Crippen molar-refractivity contribution in [1.82, 2.24) is 9.80 Å². The topological polar surface area (TPSA) is 49.6 Å². The Balaban J connectivity index is 1.73. The maximum Gasteiger partial charge on any atom is 0.254 e. The minimum Gasteiger partial charge on any atom is -0.399 e. The molecule has 1 saturated heterocycles. The fourth-order valence-corrected chi connectivity index (χ4v) is 3.50. The van der Waals surface area contributed by atoms with Crippen molar-refractivity contribution in [2.24, 2.45) is 0 Å². The Morgan fingerprint density at radius 1 is 1.12 bits per heavy atom. The molecule has 1 fully saturated rings. The van der Waals surface area contributed by atoms with Gasteiger partial charge in [-0.3, -0.25) is 9.69 Å². The zero-order chi connectivity index (χ0) is 18.0. The van der Waals surface area contributed by atoms with E-state index in [1.807, 2.05) is 30.0 Å². The lowest BCUT2D eigenvalue weighted by Crippen LogP contribution is -2.60. The van der Waals surface area contributed by atoms with Crippen molar-refractivity contribution in [3.05, 3.63) is 65.2 Å². The Hall–Kier alpha value is -2.33. The Kier molecular flexibility index (Phi) is 4.82. The number of carbonyl (C=O) groups is 1. The number of piperazine rings is 1. The first-order valence-electron chi connectivity index (χ1n) is 8.81. The Morgan fingerprint density at radius 2 is 1.84 bits per heavy atom. The lowest BCUT2D eigenvalue weighted by Gasteiger charge is -2.47. The molecule has 4 nitrogen and oxygen atoms in total. The highest BCUT2D eigenvalue weighted by atomic mass is 16.2. The number of aryl methyl sites for hydroxylation is 1. The van der Waals surface area contributed by atoms with Crippen LogP contribution in [0.15, 0.2) is 48.5 Å². The highest BCUT2D eigenvalue weighted by molar-refractivity contribution is 5.96. The molecule has 1 aliphatic heterocycles. The SMILES string of the molecule is Cc1ccc(N)cc1C(=O)N1CCN(Cc2ccccc2)C(C)(C)C1. The fourth-order valence-electron chi connectivity index (χ4n) is 3.50. The van der Waals surface area contributed by atoms with Crippen LogP contribution >= 0.6 is 0 Å². The molecule has 3 rings (SSSR count). The van der Waals surface area contributed by atoms with Crippen LogP contribution in [0.5, 0.6) is 0 Å². The summed E-state index contributed by atoms with van der Waals surface area (Å²) in [5, 5.41) is 0. The summed E-state index contributed by atoms with van der Waals surface area (Å²) >= 11 is 0. The molecular formula is C21H27N3O. The molecule has 0 atom stereocenters. The summed E-state index contributed by atoms with van der Waals surface area (Å²) in [5.74, 6) is 0.0808. The van der Waals surface area contributed by atoms with Crippen LogP contribution in [0.3, 0.4) is 0 Å². The summed E-state index contributed by atoms with van der Waals surface area (Å²) in [5.41, 5.74) is 9.44. The highest BCUT2D eigenvalue weighted by Crippen LogP contribution is 2.25. The normalized spacial score (nSPS) is 17.5. The largest absolute Gasteiger partial charge is 0.399 e. The maximum atomic E-state index is 13.0. The molecule has 0 radical (unpaired) electrons. The van der Waals surface area contributed by atoms with Gasteiger partial charge in [0.1, 0.15) is 0 Å². The standard InChI is InChI=1S/C21H27N3O/c1-16-9-10-18(22)13-19(16)20(25)23-11-12-24(21(2,3)15-23)14-17-7-5-4-6-8-17/h4-10,13H,11-12,14-15,22H2,1-3H3. The van der Waals surface area contributed by atoms with E-state index in [2.05, 4.69) is 43.0 Å². The number of hydrogen-bond acceptors (Lipinski definition) is 3. The summed E-state index contributed by atoms with van der Waals surface area (Å²) in [4.78, 5) is 17.4. The zero-order valence-electron chi connectivity index (χ0n) is 15.3.